The number of nitrogens with one attached hydrogen (secondary N) is 2. The van der Waals surface area contributed by atoms with E-state index in [1.54, 1.807) is 6.07 Å². The second kappa shape index (κ2) is 9.13. The molecule has 1 atom stereocenters. The van der Waals surface area contributed by atoms with Gasteiger partial charge in [0.1, 0.15) is 11.6 Å². The average Bonchev–Trinajstić information content (AvgIpc) is 3.37. The highest BCUT2D eigenvalue weighted by molar-refractivity contribution is 5.79. The summed E-state index contributed by atoms with van der Waals surface area (Å²) in [7, 11) is 0. The number of aromatic nitrogens is 3. The van der Waals surface area contributed by atoms with Crippen LogP contribution in [0.3, 0.4) is 0 Å². The minimum Gasteiger partial charge on any atom is -0.350 e. The Kier molecular flexibility index (Phi) is 6.14. The van der Waals surface area contributed by atoms with Crippen LogP contribution in [0, 0.1) is 11.7 Å². The topological polar surface area (TPSA) is 73.9 Å². The Morgan fingerprint density at radius 1 is 1.24 bits per heavy atom. The van der Waals surface area contributed by atoms with Gasteiger partial charge in [0.05, 0.1) is 29.2 Å². The zero-order valence-electron chi connectivity index (χ0n) is 16.4. The van der Waals surface area contributed by atoms with Crippen molar-refractivity contribution >= 4 is 16.9 Å². The standard InChI is InChI=1S/C22H26FN5O/c23-17-6-5-11-24-20(17)14-25-22(29)16-10-13-28(15-16)12-4-3-9-21-26-18-7-1-2-8-19(18)27-21/h1-2,5-8,11,16H,3-4,9-10,12-15H2,(H,25,29)(H,26,27)/t16-/m0/s1. The number of hydrogen-bond donors (Lipinski definition) is 2. The summed E-state index contributed by atoms with van der Waals surface area (Å²) < 4.78 is 13.6. The third-order valence-electron chi connectivity index (χ3n) is 5.48. The van der Waals surface area contributed by atoms with Gasteiger partial charge in [-0.05, 0) is 56.6 Å². The Labute approximate surface area is 169 Å². The number of fused-ring (bicyclic) bond motifs is 1. The number of carbonyl (C=O) groups excluding carboxylic acids is 1. The molecule has 0 bridgehead atoms. The molecular weight excluding hydrogens is 369 g/mol. The lowest BCUT2D eigenvalue weighted by molar-refractivity contribution is -0.124. The third-order valence-corrected chi connectivity index (χ3v) is 5.48. The van der Waals surface area contributed by atoms with Crippen molar-refractivity contribution in [3.63, 3.8) is 0 Å². The normalized spacial score (nSPS) is 17.1. The van der Waals surface area contributed by atoms with Crippen LogP contribution in [0.25, 0.3) is 11.0 Å². The summed E-state index contributed by atoms with van der Waals surface area (Å²) in [6, 6.07) is 11.0. The molecule has 1 saturated heterocycles. The van der Waals surface area contributed by atoms with Crippen LogP contribution in [0.5, 0.6) is 0 Å². The van der Waals surface area contributed by atoms with Crippen molar-refractivity contribution < 1.29 is 9.18 Å². The summed E-state index contributed by atoms with van der Waals surface area (Å²) in [6.45, 7) is 2.82. The Morgan fingerprint density at radius 2 is 2.14 bits per heavy atom. The van der Waals surface area contributed by atoms with Crippen molar-refractivity contribution in [3.8, 4) is 0 Å². The lowest BCUT2D eigenvalue weighted by Gasteiger charge is -2.15. The predicted octanol–water partition coefficient (Wildman–Crippen LogP) is 3.06. The number of halogens is 1. The van der Waals surface area contributed by atoms with Crippen LogP contribution in [0.15, 0.2) is 42.6 Å². The quantitative estimate of drug-likeness (QED) is 0.575. The molecule has 1 fully saturated rings. The van der Waals surface area contributed by atoms with E-state index in [1.807, 2.05) is 24.3 Å². The molecular formula is C22H26FN5O. The van der Waals surface area contributed by atoms with Crippen molar-refractivity contribution in [2.75, 3.05) is 19.6 Å². The monoisotopic (exact) mass is 395 g/mol. The molecule has 0 spiro atoms. The lowest BCUT2D eigenvalue weighted by atomic mass is 10.1. The maximum absolute atomic E-state index is 13.6. The molecule has 1 aliphatic heterocycles. The summed E-state index contributed by atoms with van der Waals surface area (Å²) in [5.41, 5.74) is 2.38. The molecule has 7 heteroatoms. The van der Waals surface area contributed by atoms with E-state index in [1.165, 1.54) is 12.3 Å². The van der Waals surface area contributed by atoms with Gasteiger partial charge in [0, 0.05) is 19.2 Å². The van der Waals surface area contributed by atoms with E-state index in [4.69, 9.17) is 0 Å². The molecule has 2 aromatic heterocycles. The fourth-order valence-electron chi connectivity index (χ4n) is 3.87. The number of likely N-dealkylation sites (tertiary alicyclic amines) is 1. The first kappa shape index (κ1) is 19.5. The van der Waals surface area contributed by atoms with Gasteiger partial charge in [0.2, 0.25) is 5.91 Å². The van der Waals surface area contributed by atoms with Gasteiger partial charge in [-0.1, -0.05) is 12.1 Å². The highest BCUT2D eigenvalue weighted by atomic mass is 19.1. The number of benzene rings is 1. The van der Waals surface area contributed by atoms with Crippen molar-refractivity contribution in [1.29, 1.82) is 0 Å². The minimum atomic E-state index is -0.384. The fourth-order valence-corrected chi connectivity index (χ4v) is 3.87. The number of unbranched alkanes of at least 4 members (excludes halogenated alkanes) is 1. The zero-order chi connectivity index (χ0) is 20.1. The van der Waals surface area contributed by atoms with Crippen LogP contribution < -0.4 is 5.32 Å². The molecule has 1 amide bonds. The van der Waals surface area contributed by atoms with E-state index in [-0.39, 0.29) is 29.9 Å². The van der Waals surface area contributed by atoms with Gasteiger partial charge in [0.25, 0.3) is 0 Å². The van der Waals surface area contributed by atoms with Gasteiger partial charge in [-0.2, -0.15) is 0 Å². The molecule has 4 rings (SSSR count). The van der Waals surface area contributed by atoms with Gasteiger partial charge in [-0.15, -0.1) is 0 Å². The Bertz CT molecular complexity index is 940. The van der Waals surface area contributed by atoms with Gasteiger partial charge in [-0.3, -0.25) is 9.78 Å². The van der Waals surface area contributed by atoms with Gasteiger partial charge < -0.3 is 15.2 Å². The van der Waals surface area contributed by atoms with E-state index >= 15 is 0 Å². The summed E-state index contributed by atoms with van der Waals surface area (Å²) in [6.07, 6.45) is 5.45. The number of imidazole rings is 1. The van der Waals surface area contributed by atoms with E-state index in [0.717, 1.165) is 62.2 Å². The lowest BCUT2D eigenvalue weighted by Crippen LogP contribution is -2.33. The predicted molar refractivity (Wildman–Crippen MR) is 110 cm³/mol. The molecule has 0 saturated carbocycles. The van der Waals surface area contributed by atoms with Crippen molar-refractivity contribution in [2.45, 2.75) is 32.2 Å². The SMILES string of the molecule is O=C(NCc1ncccc1F)[C@H]1CCN(CCCCc2nc3ccccc3[nH]2)C1. The van der Waals surface area contributed by atoms with E-state index < -0.39 is 0 Å². The maximum Gasteiger partial charge on any atom is 0.224 e. The van der Waals surface area contributed by atoms with Crippen LogP contribution >= 0.6 is 0 Å². The number of amides is 1. The van der Waals surface area contributed by atoms with Crippen LogP contribution in [-0.4, -0.2) is 45.4 Å². The molecule has 0 aliphatic carbocycles. The molecule has 3 aromatic rings. The molecule has 3 heterocycles. The molecule has 6 nitrogen and oxygen atoms in total. The second-order valence-electron chi connectivity index (χ2n) is 7.59. The number of rotatable bonds is 8. The average molecular weight is 395 g/mol. The number of aromatic amines is 1. The van der Waals surface area contributed by atoms with Crippen molar-refractivity contribution in [2.24, 2.45) is 5.92 Å². The Balaban J connectivity index is 1.16. The second-order valence-corrected chi connectivity index (χ2v) is 7.59. The third kappa shape index (κ3) is 4.98. The zero-order valence-corrected chi connectivity index (χ0v) is 16.4. The molecule has 1 aliphatic rings. The van der Waals surface area contributed by atoms with Crippen LogP contribution in [0.1, 0.15) is 30.8 Å². The van der Waals surface area contributed by atoms with Crippen LogP contribution in [-0.2, 0) is 17.8 Å². The summed E-state index contributed by atoms with van der Waals surface area (Å²) >= 11 is 0. The van der Waals surface area contributed by atoms with Crippen LogP contribution in [0.4, 0.5) is 4.39 Å². The number of nitrogens with zero attached hydrogens (tertiary/aromatic N) is 3. The number of hydrogen-bond acceptors (Lipinski definition) is 4. The molecule has 0 unspecified atom stereocenters. The largest absolute Gasteiger partial charge is 0.350 e. The van der Waals surface area contributed by atoms with E-state index in [9.17, 15) is 9.18 Å². The molecule has 152 valence electrons. The Morgan fingerprint density at radius 3 is 3.00 bits per heavy atom. The summed E-state index contributed by atoms with van der Waals surface area (Å²) in [5, 5.41) is 2.82. The Hall–Kier alpha value is -2.80. The summed E-state index contributed by atoms with van der Waals surface area (Å²) in [4.78, 5) is 26.7. The van der Waals surface area contributed by atoms with Crippen molar-refractivity contribution in [3.05, 3.63) is 59.9 Å². The highest BCUT2D eigenvalue weighted by Gasteiger charge is 2.27. The fraction of sp³-hybridized carbons (Fsp3) is 0.409. The minimum absolute atomic E-state index is 0.0140. The summed E-state index contributed by atoms with van der Waals surface area (Å²) in [5.74, 6) is 0.605. The molecule has 0 radical (unpaired) electrons. The highest BCUT2D eigenvalue weighted by Crippen LogP contribution is 2.18. The van der Waals surface area contributed by atoms with E-state index in [0.29, 0.717) is 0 Å². The first-order chi connectivity index (χ1) is 14.2. The number of H-pyrrole nitrogens is 1. The smallest absolute Gasteiger partial charge is 0.224 e. The van der Waals surface area contributed by atoms with Gasteiger partial charge >= 0.3 is 0 Å². The van der Waals surface area contributed by atoms with Crippen LogP contribution in [0.2, 0.25) is 0 Å². The van der Waals surface area contributed by atoms with E-state index in [2.05, 4.69) is 25.2 Å². The molecule has 29 heavy (non-hydrogen) atoms. The molecule has 2 N–H and O–H groups in total. The number of aryl methyl sites for hydroxylation is 1. The van der Waals surface area contributed by atoms with Crippen molar-refractivity contribution in [1.82, 2.24) is 25.2 Å². The first-order valence-electron chi connectivity index (χ1n) is 10.2. The number of carbonyl (C=O) groups is 1. The van der Waals surface area contributed by atoms with Gasteiger partial charge in [0.15, 0.2) is 0 Å². The number of para-hydroxylation sites is 2. The van der Waals surface area contributed by atoms with Gasteiger partial charge in [-0.25, -0.2) is 9.37 Å². The number of pyridine rings is 1. The first-order valence-corrected chi connectivity index (χ1v) is 10.2. The maximum atomic E-state index is 13.6. The molecule has 1 aromatic carbocycles.